The van der Waals surface area contributed by atoms with Gasteiger partial charge in [-0.2, -0.15) is 10.2 Å². The van der Waals surface area contributed by atoms with Gasteiger partial charge in [-0.15, -0.1) is 0 Å². The Kier molecular flexibility index (Phi) is 5.27. The largest absolute Gasteiger partial charge is 0.354 e. The molecule has 2 aromatic heterocycles. The number of amides is 2. The third kappa shape index (κ3) is 3.76. The lowest BCUT2D eigenvalue weighted by atomic mass is 10.3. The number of hydrogen-bond donors (Lipinski definition) is 2. The molecule has 0 spiro atoms. The van der Waals surface area contributed by atoms with Gasteiger partial charge in [-0.1, -0.05) is 0 Å². The van der Waals surface area contributed by atoms with Gasteiger partial charge >= 0.3 is 0 Å². The van der Waals surface area contributed by atoms with Crippen LogP contribution < -0.4 is 10.6 Å². The summed E-state index contributed by atoms with van der Waals surface area (Å²) in [4.78, 5) is 23.9. The van der Waals surface area contributed by atoms with Gasteiger partial charge in [0.15, 0.2) is 5.69 Å². The maximum Gasteiger partial charge on any atom is 0.282 e. The third-order valence-corrected chi connectivity index (χ3v) is 3.32. The average Bonchev–Trinajstić information content (AvgIpc) is 3.10. The van der Waals surface area contributed by atoms with Crippen LogP contribution in [0.25, 0.3) is 0 Å². The SMILES string of the molecule is CCn1cc(NC(=O)Cn2nc(C(F)F)cc2C)c(C(=O)NC)n1. The van der Waals surface area contributed by atoms with Gasteiger partial charge in [0.05, 0.1) is 5.69 Å². The monoisotopic (exact) mass is 340 g/mol. The van der Waals surface area contributed by atoms with Gasteiger partial charge < -0.3 is 10.6 Å². The van der Waals surface area contributed by atoms with Crippen LogP contribution in [0.5, 0.6) is 0 Å². The Hall–Kier alpha value is -2.78. The van der Waals surface area contributed by atoms with Crippen molar-refractivity contribution < 1.29 is 18.4 Å². The molecule has 2 aromatic rings. The first-order valence-corrected chi connectivity index (χ1v) is 7.27. The van der Waals surface area contributed by atoms with E-state index in [4.69, 9.17) is 0 Å². The minimum absolute atomic E-state index is 0.0816. The average molecular weight is 340 g/mol. The Morgan fingerprint density at radius 3 is 2.58 bits per heavy atom. The van der Waals surface area contributed by atoms with Gasteiger partial charge in [0.25, 0.3) is 12.3 Å². The van der Waals surface area contributed by atoms with E-state index >= 15 is 0 Å². The Bertz CT molecular complexity index is 753. The summed E-state index contributed by atoms with van der Waals surface area (Å²) in [6.07, 6.45) is -1.17. The molecular formula is C14H18F2N6O2. The number of nitrogens with zero attached hydrogens (tertiary/aromatic N) is 4. The quantitative estimate of drug-likeness (QED) is 0.830. The van der Waals surface area contributed by atoms with E-state index in [2.05, 4.69) is 20.8 Å². The fourth-order valence-electron chi connectivity index (χ4n) is 2.09. The molecule has 0 saturated heterocycles. The van der Waals surface area contributed by atoms with E-state index in [9.17, 15) is 18.4 Å². The van der Waals surface area contributed by atoms with Crippen molar-refractivity contribution in [2.24, 2.45) is 0 Å². The fraction of sp³-hybridized carbons (Fsp3) is 0.429. The summed E-state index contributed by atoms with van der Waals surface area (Å²) in [5.74, 6) is -0.935. The first-order chi connectivity index (χ1) is 11.3. The van der Waals surface area contributed by atoms with E-state index < -0.39 is 18.2 Å². The summed E-state index contributed by atoms with van der Waals surface area (Å²) in [6, 6.07) is 1.23. The molecule has 2 amide bonds. The highest BCUT2D eigenvalue weighted by Crippen LogP contribution is 2.18. The molecule has 8 nitrogen and oxygen atoms in total. The Morgan fingerprint density at radius 1 is 1.33 bits per heavy atom. The molecule has 2 rings (SSSR count). The van der Waals surface area contributed by atoms with E-state index in [0.717, 1.165) is 0 Å². The minimum Gasteiger partial charge on any atom is -0.354 e. The molecule has 2 N–H and O–H groups in total. The van der Waals surface area contributed by atoms with Crippen LogP contribution in [0.2, 0.25) is 0 Å². The van der Waals surface area contributed by atoms with Crippen LogP contribution in [0.4, 0.5) is 14.5 Å². The van der Waals surface area contributed by atoms with Crippen molar-refractivity contribution in [2.45, 2.75) is 33.4 Å². The van der Waals surface area contributed by atoms with Crippen LogP contribution in [-0.4, -0.2) is 38.4 Å². The van der Waals surface area contributed by atoms with Crippen molar-refractivity contribution in [1.29, 1.82) is 0 Å². The first-order valence-electron chi connectivity index (χ1n) is 7.27. The number of carbonyl (C=O) groups excluding carboxylic acids is 2. The molecule has 0 fully saturated rings. The van der Waals surface area contributed by atoms with E-state index in [1.165, 1.54) is 28.7 Å². The van der Waals surface area contributed by atoms with Crippen molar-refractivity contribution >= 4 is 17.5 Å². The van der Waals surface area contributed by atoms with E-state index in [-0.39, 0.29) is 23.6 Å². The lowest BCUT2D eigenvalue weighted by Crippen LogP contribution is -2.24. The van der Waals surface area contributed by atoms with E-state index in [0.29, 0.717) is 12.2 Å². The van der Waals surface area contributed by atoms with Crippen molar-refractivity contribution in [3.8, 4) is 0 Å². The Balaban J connectivity index is 2.15. The summed E-state index contributed by atoms with van der Waals surface area (Å²) in [5, 5.41) is 12.8. The molecule has 24 heavy (non-hydrogen) atoms. The topological polar surface area (TPSA) is 93.8 Å². The molecule has 2 heterocycles. The lowest BCUT2D eigenvalue weighted by molar-refractivity contribution is -0.117. The van der Waals surface area contributed by atoms with Crippen LogP contribution in [0.3, 0.4) is 0 Å². The molecule has 0 aromatic carbocycles. The normalized spacial score (nSPS) is 10.9. The van der Waals surface area contributed by atoms with Gasteiger partial charge in [0.2, 0.25) is 5.91 Å². The predicted octanol–water partition coefficient (Wildman–Crippen LogP) is 1.34. The molecule has 0 aliphatic rings. The number of carbonyl (C=O) groups is 2. The predicted molar refractivity (Wildman–Crippen MR) is 81.8 cm³/mol. The highest BCUT2D eigenvalue weighted by molar-refractivity contribution is 6.02. The molecular weight excluding hydrogens is 322 g/mol. The van der Waals surface area contributed by atoms with Crippen LogP contribution in [-0.2, 0) is 17.9 Å². The van der Waals surface area contributed by atoms with Gasteiger partial charge in [0.1, 0.15) is 12.2 Å². The van der Waals surface area contributed by atoms with Crippen molar-refractivity contribution in [3.63, 3.8) is 0 Å². The second kappa shape index (κ2) is 7.20. The van der Waals surface area contributed by atoms with Crippen LogP contribution >= 0.6 is 0 Å². The highest BCUT2D eigenvalue weighted by atomic mass is 19.3. The number of halogens is 2. The molecule has 130 valence electrons. The maximum absolute atomic E-state index is 12.6. The van der Waals surface area contributed by atoms with E-state index in [1.807, 2.05) is 6.92 Å². The van der Waals surface area contributed by atoms with Crippen molar-refractivity contribution in [3.05, 3.63) is 29.3 Å². The molecule has 0 aliphatic heterocycles. The number of aromatic nitrogens is 4. The molecule has 10 heteroatoms. The number of aryl methyl sites for hydroxylation is 2. The lowest BCUT2D eigenvalue weighted by Gasteiger charge is -2.06. The van der Waals surface area contributed by atoms with Gasteiger partial charge in [-0.25, -0.2) is 8.78 Å². The fourth-order valence-corrected chi connectivity index (χ4v) is 2.09. The second-order valence-corrected chi connectivity index (χ2v) is 5.04. The van der Waals surface area contributed by atoms with Crippen LogP contribution in [0.15, 0.2) is 12.3 Å². The summed E-state index contributed by atoms with van der Waals surface area (Å²) < 4.78 is 28.0. The maximum atomic E-state index is 12.6. The molecule has 0 bridgehead atoms. The molecule has 0 radical (unpaired) electrons. The van der Waals surface area contributed by atoms with Crippen molar-refractivity contribution in [2.75, 3.05) is 12.4 Å². The number of anilines is 1. The molecule has 0 aliphatic carbocycles. The molecule has 0 atom stereocenters. The number of rotatable bonds is 6. The third-order valence-electron chi connectivity index (χ3n) is 3.32. The summed E-state index contributed by atoms with van der Waals surface area (Å²) >= 11 is 0. The molecule has 0 unspecified atom stereocenters. The van der Waals surface area contributed by atoms with Crippen molar-refractivity contribution in [1.82, 2.24) is 24.9 Å². The Morgan fingerprint density at radius 2 is 2.04 bits per heavy atom. The zero-order chi connectivity index (χ0) is 17.9. The van der Waals surface area contributed by atoms with Crippen LogP contribution in [0.1, 0.15) is 35.2 Å². The highest BCUT2D eigenvalue weighted by Gasteiger charge is 2.19. The zero-order valence-corrected chi connectivity index (χ0v) is 13.5. The van der Waals surface area contributed by atoms with Gasteiger partial charge in [0, 0.05) is 25.5 Å². The standard InChI is InChI=1S/C14H18F2N6O2/c1-4-21-6-10(12(20-21)14(24)17-3)18-11(23)7-22-8(2)5-9(19-22)13(15)16/h5-6,13H,4,7H2,1-3H3,(H,17,24)(H,18,23). The van der Waals surface area contributed by atoms with E-state index in [1.54, 1.807) is 6.92 Å². The number of nitrogens with one attached hydrogen (secondary N) is 2. The summed E-state index contributed by atoms with van der Waals surface area (Å²) in [7, 11) is 1.46. The smallest absolute Gasteiger partial charge is 0.282 e. The first kappa shape index (κ1) is 17.6. The number of alkyl halides is 2. The Labute approximate surface area is 136 Å². The van der Waals surface area contributed by atoms with Gasteiger partial charge in [-0.05, 0) is 19.9 Å². The summed E-state index contributed by atoms with van der Waals surface area (Å²) in [6.45, 7) is 3.70. The number of hydrogen-bond acceptors (Lipinski definition) is 4. The van der Waals surface area contributed by atoms with Crippen LogP contribution in [0, 0.1) is 6.92 Å². The van der Waals surface area contributed by atoms with Gasteiger partial charge in [-0.3, -0.25) is 19.0 Å². The molecule has 0 saturated carbocycles. The summed E-state index contributed by atoms with van der Waals surface area (Å²) in [5.41, 5.74) is 0.389. The minimum atomic E-state index is -2.70. The zero-order valence-electron chi connectivity index (χ0n) is 13.5. The second-order valence-electron chi connectivity index (χ2n) is 5.04.